The number of carbonyl (C=O) groups is 1. The van der Waals surface area contributed by atoms with Crippen LogP contribution in [0.15, 0.2) is 24.0 Å². The second-order valence-corrected chi connectivity index (χ2v) is 8.03. The molecule has 0 saturated carbocycles. The van der Waals surface area contributed by atoms with Crippen molar-refractivity contribution in [2.24, 2.45) is 17.1 Å². The van der Waals surface area contributed by atoms with E-state index in [0.29, 0.717) is 10.3 Å². The first-order valence-corrected chi connectivity index (χ1v) is 8.67. The number of aromatic nitrogens is 2. The number of nitriles is 1. The van der Waals surface area contributed by atoms with E-state index in [1.54, 1.807) is 6.08 Å². The molecular formula is C18H19BrN4O. The van der Waals surface area contributed by atoms with E-state index in [4.69, 9.17) is 10.7 Å². The van der Waals surface area contributed by atoms with Crippen molar-refractivity contribution in [2.75, 3.05) is 0 Å². The average molecular weight is 387 g/mol. The number of ketones is 1. The van der Waals surface area contributed by atoms with Crippen LogP contribution in [0.3, 0.4) is 0 Å². The number of hydrogen-bond donors (Lipinski definition) is 1. The predicted molar refractivity (Wildman–Crippen MR) is 94.8 cm³/mol. The van der Waals surface area contributed by atoms with Gasteiger partial charge >= 0.3 is 0 Å². The smallest absolute Gasteiger partial charge is 0.178 e. The predicted octanol–water partition coefficient (Wildman–Crippen LogP) is 3.01. The van der Waals surface area contributed by atoms with Crippen molar-refractivity contribution in [3.05, 3.63) is 41.1 Å². The van der Waals surface area contributed by atoms with E-state index in [2.05, 4.69) is 33.9 Å². The molecule has 0 bridgehead atoms. The van der Waals surface area contributed by atoms with Gasteiger partial charge in [0.2, 0.25) is 0 Å². The lowest BCUT2D eigenvalue weighted by Gasteiger charge is -2.50. The molecule has 1 aromatic heterocycles. The van der Waals surface area contributed by atoms with Gasteiger partial charge in [-0.25, -0.2) is 9.97 Å². The van der Waals surface area contributed by atoms with Gasteiger partial charge in [-0.05, 0) is 40.3 Å². The van der Waals surface area contributed by atoms with Crippen LogP contribution in [-0.4, -0.2) is 15.8 Å². The zero-order chi connectivity index (χ0) is 17.7. The molecule has 2 unspecified atom stereocenters. The summed E-state index contributed by atoms with van der Waals surface area (Å²) in [5.41, 5.74) is 6.66. The van der Waals surface area contributed by atoms with Crippen LogP contribution < -0.4 is 5.73 Å². The van der Waals surface area contributed by atoms with Crippen molar-refractivity contribution in [1.82, 2.24) is 9.97 Å². The third-order valence-electron chi connectivity index (χ3n) is 5.43. The maximum Gasteiger partial charge on any atom is 0.178 e. The maximum absolute atomic E-state index is 12.7. The molecular weight excluding hydrogens is 368 g/mol. The Kier molecular flexibility index (Phi) is 3.88. The fourth-order valence-corrected chi connectivity index (χ4v) is 4.43. The molecule has 2 aliphatic rings. The summed E-state index contributed by atoms with van der Waals surface area (Å²) in [7, 11) is 0. The third-order valence-corrected chi connectivity index (χ3v) is 6.05. The fourth-order valence-electron chi connectivity index (χ4n) is 4.24. The van der Waals surface area contributed by atoms with E-state index in [9.17, 15) is 10.1 Å². The second kappa shape index (κ2) is 5.52. The van der Waals surface area contributed by atoms with Gasteiger partial charge in [0.1, 0.15) is 6.07 Å². The number of fused-ring (bicyclic) bond motifs is 3. The first kappa shape index (κ1) is 16.8. The number of aryl methyl sites for hydroxylation is 1. The highest BCUT2D eigenvalue weighted by Gasteiger charge is 2.54. The summed E-state index contributed by atoms with van der Waals surface area (Å²) in [5.74, 6) is 0.526. The highest BCUT2D eigenvalue weighted by Crippen LogP contribution is 2.54. The van der Waals surface area contributed by atoms with E-state index in [1.807, 2.05) is 20.0 Å². The van der Waals surface area contributed by atoms with Crippen molar-refractivity contribution in [3.8, 4) is 6.07 Å². The number of hydrogen-bond acceptors (Lipinski definition) is 5. The fraction of sp³-hybridized carbons (Fsp3) is 0.444. The van der Waals surface area contributed by atoms with Crippen molar-refractivity contribution >= 4 is 26.2 Å². The maximum atomic E-state index is 12.7. The zero-order valence-corrected chi connectivity index (χ0v) is 15.5. The van der Waals surface area contributed by atoms with Gasteiger partial charge in [-0.15, -0.1) is 0 Å². The van der Waals surface area contributed by atoms with Gasteiger partial charge < -0.3 is 5.73 Å². The van der Waals surface area contributed by atoms with Gasteiger partial charge in [-0.2, -0.15) is 5.26 Å². The van der Waals surface area contributed by atoms with E-state index >= 15 is 0 Å². The minimum Gasteiger partial charge on any atom is -0.404 e. The molecule has 1 aromatic rings. The van der Waals surface area contributed by atoms with Crippen LogP contribution in [0.4, 0.5) is 0 Å². The van der Waals surface area contributed by atoms with Crippen molar-refractivity contribution < 1.29 is 4.79 Å². The quantitative estimate of drug-likeness (QED) is 0.800. The Morgan fingerprint density at radius 1 is 1.50 bits per heavy atom. The molecule has 0 radical (unpaired) electrons. The first-order chi connectivity index (χ1) is 11.3. The molecule has 0 aromatic carbocycles. The number of rotatable bonds is 1. The Labute approximate surface area is 149 Å². The van der Waals surface area contributed by atoms with Crippen molar-refractivity contribution in [2.45, 2.75) is 39.0 Å². The minimum atomic E-state index is -0.599. The van der Waals surface area contributed by atoms with Crippen LogP contribution in [0.2, 0.25) is 0 Å². The Balaban J connectivity index is 2.27. The topological polar surface area (TPSA) is 92.7 Å². The Morgan fingerprint density at radius 3 is 2.83 bits per heavy atom. The van der Waals surface area contributed by atoms with E-state index in [0.717, 1.165) is 24.1 Å². The minimum absolute atomic E-state index is 0.0757. The molecule has 3 rings (SSSR count). The van der Waals surface area contributed by atoms with Gasteiger partial charge in [0.05, 0.1) is 15.7 Å². The number of halogens is 1. The molecule has 124 valence electrons. The standard InChI is InChI=1S/C18H19BrN4O/c1-17(2)13-5-4-10-9-22-16(12(19)8-21)23-14(10)18(13,3)6-11(7-20)15(17)24/h6,8-9,13H,4-5,21H2,1-3H3. The van der Waals surface area contributed by atoms with Crippen LogP contribution in [0, 0.1) is 22.7 Å². The highest BCUT2D eigenvalue weighted by atomic mass is 79.9. The monoisotopic (exact) mass is 386 g/mol. The zero-order valence-electron chi connectivity index (χ0n) is 13.9. The summed E-state index contributed by atoms with van der Waals surface area (Å²) < 4.78 is 0.617. The van der Waals surface area contributed by atoms with Gasteiger partial charge in [-0.3, -0.25) is 4.79 Å². The molecule has 1 heterocycles. The second-order valence-electron chi connectivity index (χ2n) is 7.18. The Morgan fingerprint density at radius 2 is 2.21 bits per heavy atom. The molecule has 2 N–H and O–H groups in total. The molecule has 24 heavy (non-hydrogen) atoms. The van der Waals surface area contributed by atoms with E-state index in [1.165, 1.54) is 6.20 Å². The van der Waals surface area contributed by atoms with Gasteiger partial charge in [-0.1, -0.05) is 26.8 Å². The lowest BCUT2D eigenvalue weighted by atomic mass is 9.52. The van der Waals surface area contributed by atoms with Crippen molar-refractivity contribution in [3.63, 3.8) is 0 Å². The molecule has 0 saturated heterocycles. The molecule has 0 aliphatic heterocycles. The van der Waals surface area contributed by atoms with E-state index in [-0.39, 0.29) is 17.3 Å². The number of nitrogens with zero attached hydrogens (tertiary/aromatic N) is 3. The SMILES string of the molecule is CC1(C)C(=O)C(C#N)=CC2(C)c3nc(C(Br)=CN)ncc3CCC12. The summed E-state index contributed by atoms with van der Waals surface area (Å²) in [6.07, 6.45) is 6.74. The molecule has 0 fully saturated rings. The lowest BCUT2D eigenvalue weighted by Crippen LogP contribution is -2.51. The molecule has 0 spiro atoms. The van der Waals surface area contributed by atoms with Gasteiger partial charge in [0.25, 0.3) is 0 Å². The van der Waals surface area contributed by atoms with Crippen LogP contribution >= 0.6 is 15.9 Å². The number of carbonyl (C=O) groups excluding carboxylic acids is 1. The summed E-state index contributed by atoms with van der Waals surface area (Å²) in [4.78, 5) is 21.7. The molecule has 5 nitrogen and oxygen atoms in total. The number of nitrogens with two attached hydrogens (primary N) is 1. The number of Topliss-reactive ketones (excluding diaryl/α,β-unsaturated/α-hetero) is 1. The Hall–Kier alpha value is -2.00. The van der Waals surface area contributed by atoms with Crippen LogP contribution in [0.1, 0.15) is 44.3 Å². The van der Waals surface area contributed by atoms with Gasteiger partial charge in [0.15, 0.2) is 11.6 Å². The van der Waals surface area contributed by atoms with Crippen LogP contribution in [0.5, 0.6) is 0 Å². The first-order valence-electron chi connectivity index (χ1n) is 7.87. The summed E-state index contributed by atoms with van der Waals surface area (Å²) in [6.45, 7) is 5.94. The summed E-state index contributed by atoms with van der Waals surface area (Å²) >= 11 is 3.37. The third kappa shape index (κ3) is 2.22. The van der Waals surface area contributed by atoms with Crippen molar-refractivity contribution in [1.29, 1.82) is 5.26 Å². The van der Waals surface area contributed by atoms with Gasteiger partial charge in [0, 0.05) is 23.2 Å². The highest BCUT2D eigenvalue weighted by molar-refractivity contribution is 9.15. The number of allylic oxidation sites excluding steroid dienone is 2. The molecule has 6 heteroatoms. The molecule has 0 amide bonds. The Bertz CT molecular complexity index is 834. The van der Waals surface area contributed by atoms with E-state index < -0.39 is 10.8 Å². The molecule has 2 aliphatic carbocycles. The average Bonchev–Trinajstić information content (AvgIpc) is 2.57. The largest absolute Gasteiger partial charge is 0.404 e. The molecule has 2 atom stereocenters. The lowest BCUT2D eigenvalue weighted by molar-refractivity contribution is -0.128. The van der Waals surface area contributed by atoms with Crippen LogP contribution in [-0.2, 0) is 16.6 Å². The summed E-state index contributed by atoms with van der Waals surface area (Å²) in [5, 5.41) is 9.42. The normalized spacial score (nSPS) is 28.5. The van der Waals surface area contributed by atoms with Crippen LogP contribution in [0.25, 0.3) is 4.48 Å². The summed E-state index contributed by atoms with van der Waals surface area (Å²) in [6, 6.07) is 2.07.